The highest BCUT2D eigenvalue weighted by atomic mass is 16.3. The number of piperidine rings is 1. The van der Waals surface area contributed by atoms with Gasteiger partial charge in [-0.2, -0.15) is 0 Å². The topological polar surface area (TPSA) is 52.6 Å². The zero-order valence-electron chi connectivity index (χ0n) is 12.3. The van der Waals surface area contributed by atoms with Crippen molar-refractivity contribution in [1.82, 2.24) is 10.2 Å². The van der Waals surface area contributed by atoms with Gasteiger partial charge < -0.3 is 15.3 Å². The first kappa shape index (κ1) is 14.8. The Hall–Kier alpha value is -0.610. The molecule has 0 radical (unpaired) electrons. The molecule has 0 aromatic heterocycles. The smallest absolute Gasteiger partial charge is 0.222 e. The normalized spacial score (nSPS) is 29.0. The summed E-state index contributed by atoms with van der Waals surface area (Å²) in [6.07, 6.45) is 4.18. The second-order valence-electron chi connectivity index (χ2n) is 7.02. The number of nitrogens with zero attached hydrogens (tertiary/aromatic N) is 1. The van der Waals surface area contributed by atoms with Crippen molar-refractivity contribution < 1.29 is 9.90 Å². The summed E-state index contributed by atoms with van der Waals surface area (Å²) in [5.74, 6) is 0.833. The molecule has 0 saturated carbocycles. The van der Waals surface area contributed by atoms with E-state index in [1.807, 2.05) is 4.90 Å². The number of carbonyl (C=O) groups is 1. The van der Waals surface area contributed by atoms with Gasteiger partial charge in [0.2, 0.25) is 5.91 Å². The van der Waals surface area contributed by atoms with Gasteiger partial charge >= 0.3 is 0 Å². The van der Waals surface area contributed by atoms with Crippen LogP contribution in [0.3, 0.4) is 0 Å². The van der Waals surface area contributed by atoms with Crippen LogP contribution in [0, 0.1) is 11.3 Å². The average Bonchev–Trinajstić information content (AvgIpc) is 2.48. The molecule has 110 valence electrons. The summed E-state index contributed by atoms with van der Waals surface area (Å²) in [5.41, 5.74) is 0.0275. The van der Waals surface area contributed by atoms with Crippen LogP contribution in [-0.2, 0) is 4.79 Å². The van der Waals surface area contributed by atoms with Gasteiger partial charge in [0.05, 0.1) is 6.10 Å². The lowest BCUT2D eigenvalue weighted by Crippen LogP contribution is -2.39. The Morgan fingerprint density at radius 1 is 1.32 bits per heavy atom. The van der Waals surface area contributed by atoms with E-state index >= 15 is 0 Å². The highest BCUT2D eigenvalue weighted by Gasteiger charge is 2.31. The number of aliphatic hydroxyl groups is 1. The van der Waals surface area contributed by atoms with Crippen LogP contribution in [0.5, 0.6) is 0 Å². The Bertz CT molecular complexity index is 311. The maximum atomic E-state index is 12.4. The van der Waals surface area contributed by atoms with E-state index in [0.29, 0.717) is 18.9 Å². The summed E-state index contributed by atoms with van der Waals surface area (Å²) >= 11 is 0. The minimum absolute atomic E-state index is 0.0275. The van der Waals surface area contributed by atoms with Crippen molar-refractivity contribution in [3.63, 3.8) is 0 Å². The molecule has 0 aliphatic carbocycles. The molecule has 0 spiro atoms. The van der Waals surface area contributed by atoms with E-state index in [-0.39, 0.29) is 17.4 Å². The van der Waals surface area contributed by atoms with Crippen LogP contribution >= 0.6 is 0 Å². The van der Waals surface area contributed by atoms with Crippen LogP contribution in [0.25, 0.3) is 0 Å². The second kappa shape index (κ2) is 6.23. The van der Waals surface area contributed by atoms with Gasteiger partial charge in [0.25, 0.3) is 0 Å². The Morgan fingerprint density at radius 2 is 2.00 bits per heavy atom. The number of carbonyl (C=O) groups excluding carboxylic acids is 1. The van der Waals surface area contributed by atoms with Gasteiger partial charge in [-0.3, -0.25) is 4.79 Å². The fourth-order valence-corrected chi connectivity index (χ4v) is 3.38. The molecule has 2 aliphatic rings. The molecule has 2 saturated heterocycles. The number of aliphatic hydroxyl groups excluding tert-OH is 1. The molecule has 1 atom stereocenters. The third kappa shape index (κ3) is 4.46. The molecule has 0 aromatic carbocycles. The predicted molar refractivity (Wildman–Crippen MR) is 75.8 cm³/mol. The van der Waals surface area contributed by atoms with Crippen molar-refractivity contribution >= 4 is 5.91 Å². The number of nitrogens with one attached hydrogen (secondary N) is 1. The van der Waals surface area contributed by atoms with Gasteiger partial charge in [0.15, 0.2) is 0 Å². The third-order valence-corrected chi connectivity index (χ3v) is 4.41. The van der Waals surface area contributed by atoms with E-state index in [2.05, 4.69) is 19.2 Å². The number of hydrogen-bond donors (Lipinski definition) is 2. The van der Waals surface area contributed by atoms with Crippen LogP contribution in [-0.4, -0.2) is 48.2 Å². The average molecular weight is 268 g/mol. The molecule has 4 heteroatoms. The first-order valence-corrected chi connectivity index (χ1v) is 7.63. The monoisotopic (exact) mass is 268 g/mol. The number of rotatable bonds is 2. The summed E-state index contributed by atoms with van der Waals surface area (Å²) in [5, 5.41) is 13.2. The molecule has 2 fully saturated rings. The van der Waals surface area contributed by atoms with Crippen LogP contribution in [0.15, 0.2) is 0 Å². The molecule has 2 aliphatic heterocycles. The Labute approximate surface area is 116 Å². The zero-order valence-corrected chi connectivity index (χ0v) is 12.3. The fourth-order valence-electron chi connectivity index (χ4n) is 3.38. The Balaban J connectivity index is 1.90. The maximum Gasteiger partial charge on any atom is 0.222 e. The highest BCUT2D eigenvalue weighted by Crippen LogP contribution is 2.29. The summed E-state index contributed by atoms with van der Waals surface area (Å²) in [6.45, 7) is 7.88. The quantitative estimate of drug-likeness (QED) is 0.795. The van der Waals surface area contributed by atoms with Gasteiger partial charge in [-0.15, -0.1) is 0 Å². The van der Waals surface area contributed by atoms with Crippen molar-refractivity contribution in [2.75, 3.05) is 26.2 Å². The van der Waals surface area contributed by atoms with Crippen molar-refractivity contribution in [1.29, 1.82) is 0 Å². The number of amides is 1. The van der Waals surface area contributed by atoms with Gasteiger partial charge in [-0.1, -0.05) is 13.8 Å². The van der Waals surface area contributed by atoms with E-state index in [1.165, 1.54) is 0 Å². The molecule has 2 N–H and O–H groups in total. The van der Waals surface area contributed by atoms with Crippen LogP contribution < -0.4 is 5.32 Å². The molecular weight excluding hydrogens is 240 g/mol. The van der Waals surface area contributed by atoms with Gasteiger partial charge in [-0.05, 0) is 50.1 Å². The SMILES string of the molecule is CC1(C)C[C@H](O)CCN(C(=O)CC2CCNCC2)C1. The van der Waals surface area contributed by atoms with E-state index in [0.717, 1.165) is 45.3 Å². The summed E-state index contributed by atoms with van der Waals surface area (Å²) in [4.78, 5) is 14.4. The van der Waals surface area contributed by atoms with Gasteiger partial charge in [-0.25, -0.2) is 0 Å². The minimum Gasteiger partial charge on any atom is -0.393 e. The number of hydrogen-bond acceptors (Lipinski definition) is 3. The Morgan fingerprint density at radius 3 is 2.68 bits per heavy atom. The van der Waals surface area contributed by atoms with Gasteiger partial charge in [0, 0.05) is 19.5 Å². The van der Waals surface area contributed by atoms with E-state index in [9.17, 15) is 9.90 Å². The lowest BCUT2D eigenvalue weighted by Gasteiger charge is -2.31. The zero-order chi connectivity index (χ0) is 13.9. The lowest BCUT2D eigenvalue weighted by molar-refractivity contribution is -0.133. The number of likely N-dealkylation sites (tertiary alicyclic amines) is 1. The molecule has 2 heterocycles. The molecule has 2 rings (SSSR count). The van der Waals surface area contributed by atoms with Crippen molar-refractivity contribution in [2.24, 2.45) is 11.3 Å². The standard InChI is InChI=1S/C15H28N2O2/c1-15(2)10-13(18)5-8-17(11-15)14(19)9-12-3-6-16-7-4-12/h12-13,16,18H,3-11H2,1-2H3/t13-/m1/s1. The van der Waals surface area contributed by atoms with Crippen molar-refractivity contribution in [3.8, 4) is 0 Å². The first-order valence-electron chi connectivity index (χ1n) is 7.63. The Kier molecular flexibility index (Phi) is 4.85. The minimum atomic E-state index is -0.258. The van der Waals surface area contributed by atoms with Crippen molar-refractivity contribution in [2.45, 2.75) is 52.1 Å². The molecule has 0 unspecified atom stereocenters. The largest absolute Gasteiger partial charge is 0.393 e. The van der Waals surface area contributed by atoms with E-state index < -0.39 is 0 Å². The second-order valence-corrected chi connectivity index (χ2v) is 7.02. The third-order valence-electron chi connectivity index (χ3n) is 4.41. The van der Waals surface area contributed by atoms with Gasteiger partial charge in [0.1, 0.15) is 0 Å². The molecule has 0 aromatic rings. The predicted octanol–water partition coefficient (Wildman–Crippen LogP) is 1.39. The molecular formula is C15H28N2O2. The van der Waals surface area contributed by atoms with E-state index in [1.54, 1.807) is 0 Å². The summed E-state index contributed by atoms with van der Waals surface area (Å²) < 4.78 is 0. The van der Waals surface area contributed by atoms with Crippen molar-refractivity contribution in [3.05, 3.63) is 0 Å². The fraction of sp³-hybridized carbons (Fsp3) is 0.933. The summed E-state index contributed by atoms with van der Waals surface area (Å²) in [7, 11) is 0. The molecule has 4 nitrogen and oxygen atoms in total. The lowest BCUT2D eigenvalue weighted by atomic mass is 9.86. The summed E-state index contributed by atoms with van der Waals surface area (Å²) in [6, 6.07) is 0. The maximum absolute atomic E-state index is 12.4. The van der Waals surface area contributed by atoms with E-state index in [4.69, 9.17) is 0 Å². The molecule has 0 bridgehead atoms. The van der Waals surface area contributed by atoms with Crippen LogP contribution in [0.1, 0.15) is 46.0 Å². The molecule has 1 amide bonds. The first-order chi connectivity index (χ1) is 8.96. The van der Waals surface area contributed by atoms with Crippen LogP contribution in [0.4, 0.5) is 0 Å². The highest BCUT2D eigenvalue weighted by molar-refractivity contribution is 5.76. The van der Waals surface area contributed by atoms with Crippen LogP contribution in [0.2, 0.25) is 0 Å². The molecule has 19 heavy (non-hydrogen) atoms.